The number of Topliss-reactive ketones (excluding diaryl/α,β-unsaturated/α-hetero) is 1. The standard InChI is InChI=1S/C14H16O4/c1-8-5-13(18-14(8)16)17-7-11-10-4-2-3-9(10)6-12(11)15/h5,7,9-10,13H,2-4,6H2,1H3/b11-7+. The predicted octanol–water partition coefficient (Wildman–Crippen LogP) is 2.11. The van der Waals surface area contributed by atoms with Gasteiger partial charge in [0.2, 0.25) is 0 Å². The summed E-state index contributed by atoms with van der Waals surface area (Å²) < 4.78 is 10.4. The summed E-state index contributed by atoms with van der Waals surface area (Å²) in [6.45, 7) is 1.69. The second kappa shape index (κ2) is 4.26. The van der Waals surface area contributed by atoms with E-state index in [2.05, 4.69) is 0 Å². The van der Waals surface area contributed by atoms with Crippen molar-refractivity contribution in [2.24, 2.45) is 11.8 Å². The molecule has 0 amide bonds. The number of carbonyl (C=O) groups is 2. The molecular weight excluding hydrogens is 232 g/mol. The van der Waals surface area contributed by atoms with Crippen LogP contribution in [0, 0.1) is 11.8 Å². The first kappa shape index (κ1) is 11.5. The topological polar surface area (TPSA) is 52.6 Å². The van der Waals surface area contributed by atoms with Gasteiger partial charge in [-0.05, 0) is 31.6 Å². The van der Waals surface area contributed by atoms with E-state index in [1.165, 1.54) is 12.7 Å². The van der Waals surface area contributed by atoms with Crippen LogP contribution in [0.1, 0.15) is 32.6 Å². The number of hydrogen-bond acceptors (Lipinski definition) is 4. The molecule has 0 aromatic rings. The second-order valence-electron chi connectivity index (χ2n) is 5.26. The maximum atomic E-state index is 11.8. The molecule has 0 aromatic heterocycles. The van der Waals surface area contributed by atoms with Crippen molar-refractivity contribution in [1.82, 2.24) is 0 Å². The maximum absolute atomic E-state index is 11.8. The number of cyclic esters (lactones) is 1. The number of fused-ring (bicyclic) bond motifs is 1. The van der Waals surface area contributed by atoms with Gasteiger partial charge in [-0.1, -0.05) is 6.42 Å². The van der Waals surface area contributed by atoms with E-state index in [4.69, 9.17) is 9.47 Å². The number of ether oxygens (including phenoxy) is 2. The third-order valence-corrected chi connectivity index (χ3v) is 4.09. The van der Waals surface area contributed by atoms with Gasteiger partial charge in [0.1, 0.15) is 0 Å². The van der Waals surface area contributed by atoms with Crippen molar-refractivity contribution < 1.29 is 19.1 Å². The minimum Gasteiger partial charge on any atom is -0.458 e. The Kier molecular flexibility index (Phi) is 2.73. The molecule has 2 aliphatic carbocycles. The molecule has 0 saturated heterocycles. The van der Waals surface area contributed by atoms with E-state index in [0.717, 1.165) is 18.4 Å². The van der Waals surface area contributed by atoms with Crippen molar-refractivity contribution in [3.63, 3.8) is 0 Å². The minimum atomic E-state index is -0.668. The van der Waals surface area contributed by atoms with Crippen LogP contribution in [0.5, 0.6) is 0 Å². The second-order valence-corrected chi connectivity index (χ2v) is 5.26. The van der Waals surface area contributed by atoms with Crippen LogP contribution in [0.15, 0.2) is 23.5 Å². The van der Waals surface area contributed by atoms with Gasteiger partial charge in [0.25, 0.3) is 6.29 Å². The Bertz CT molecular complexity index is 460. The summed E-state index contributed by atoms with van der Waals surface area (Å²) in [5.74, 6) is 0.708. The van der Waals surface area contributed by atoms with Gasteiger partial charge in [-0.25, -0.2) is 4.79 Å². The first-order chi connectivity index (χ1) is 8.65. The summed E-state index contributed by atoms with van der Waals surface area (Å²) in [5, 5.41) is 0. The molecule has 0 bridgehead atoms. The van der Waals surface area contributed by atoms with Crippen LogP contribution < -0.4 is 0 Å². The molecule has 1 aliphatic heterocycles. The Labute approximate surface area is 106 Å². The lowest BCUT2D eigenvalue weighted by Gasteiger charge is -2.11. The molecule has 3 rings (SSSR count). The van der Waals surface area contributed by atoms with E-state index < -0.39 is 6.29 Å². The lowest BCUT2D eigenvalue weighted by molar-refractivity contribution is -0.152. The van der Waals surface area contributed by atoms with E-state index in [9.17, 15) is 9.59 Å². The quantitative estimate of drug-likeness (QED) is 0.426. The predicted molar refractivity (Wildman–Crippen MR) is 63.3 cm³/mol. The average molecular weight is 248 g/mol. The summed E-state index contributed by atoms with van der Waals surface area (Å²) >= 11 is 0. The Hall–Kier alpha value is -1.58. The summed E-state index contributed by atoms with van der Waals surface area (Å²) in [6, 6.07) is 0. The van der Waals surface area contributed by atoms with Gasteiger partial charge in [0, 0.05) is 23.6 Å². The molecule has 3 aliphatic rings. The van der Waals surface area contributed by atoms with Gasteiger partial charge < -0.3 is 9.47 Å². The third-order valence-electron chi connectivity index (χ3n) is 4.09. The number of esters is 1. The van der Waals surface area contributed by atoms with Crippen molar-refractivity contribution >= 4 is 11.8 Å². The first-order valence-corrected chi connectivity index (χ1v) is 6.43. The maximum Gasteiger partial charge on any atom is 0.336 e. The average Bonchev–Trinajstić information content (AvgIpc) is 2.94. The van der Waals surface area contributed by atoms with Crippen molar-refractivity contribution in [1.29, 1.82) is 0 Å². The lowest BCUT2D eigenvalue weighted by Crippen LogP contribution is -2.11. The van der Waals surface area contributed by atoms with Crippen LogP contribution >= 0.6 is 0 Å². The highest BCUT2D eigenvalue weighted by molar-refractivity contribution is 5.98. The van der Waals surface area contributed by atoms with Gasteiger partial charge in [0.05, 0.1) is 6.26 Å². The zero-order chi connectivity index (χ0) is 12.7. The highest BCUT2D eigenvalue weighted by Gasteiger charge is 2.41. The molecule has 2 fully saturated rings. The Balaban J connectivity index is 1.69. The van der Waals surface area contributed by atoms with Crippen molar-refractivity contribution in [3.8, 4) is 0 Å². The molecule has 0 aromatic carbocycles. The van der Waals surface area contributed by atoms with E-state index in [-0.39, 0.29) is 11.8 Å². The number of allylic oxidation sites excluding steroid dienone is 1. The Morgan fingerprint density at radius 2 is 2.22 bits per heavy atom. The molecule has 3 atom stereocenters. The molecule has 2 saturated carbocycles. The van der Waals surface area contributed by atoms with E-state index in [0.29, 0.717) is 23.8 Å². The molecule has 0 radical (unpaired) electrons. The van der Waals surface area contributed by atoms with Gasteiger partial charge in [0.15, 0.2) is 5.78 Å². The zero-order valence-electron chi connectivity index (χ0n) is 10.3. The summed E-state index contributed by atoms with van der Waals surface area (Å²) in [5.41, 5.74) is 1.33. The fraction of sp³-hybridized carbons (Fsp3) is 0.571. The largest absolute Gasteiger partial charge is 0.458 e. The highest BCUT2D eigenvalue weighted by Crippen LogP contribution is 2.45. The molecule has 18 heavy (non-hydrogen) atoms. The van der Waals surface area contributed by atoms with Gasteiger partial charge in [-0.15, -0.1) is 0 Å². The van der Waals surface area contributed by atoms with E-state index in [1.54, 1.807) is 13.0 Å². The molecule has 4 nitrogen and oxygen atoms in total. The first-order valence-electron chi connectivity index (χ1n) is 6.43. The van der Waals surface area contributed by atoms with Crippen LogP contribution in [0.25, 0.3) is 0 Å². The summed E-state index contributed by atoms with van der Waals surface area (Å²) in [6.07, 6.45) is 6.54. The fourth-order valence-corrected chi connectivity index (χ4v) is 3.12. The Morgan fingerprint density at radius 3 is 2.94 bits per heavy atom. The van der Waals surface area contributed by atoms with Crippen molar-refractivity contribution in [2.45, 2.75) is 38.9 Å². The normalized spacial score (nSPS) is 36.8. The van der Waals surface area contributed by atoms with Gasteiger partial charge in [-0.3, -0.25) is 4.79 Å². The van der Waals surface area contributed by atoms with Crippen molar-refractivity contribution in [2.75, 3.05) is 0 Å². The minimum absolute atomic E-state index is 0.190. The molecule has 4 heteroatoms. The van der Waals surface area contributed by atoms with E-state index >= 15 is 0 Å². The lowest BCUT2D eigenvalue weighted by atomic mass is 9.98. The van der Waals surface area contributed by atoms with Crippen LogP contribution in [0.3, 0.4) is 0 Å². The Morgan fingerprint density at radius 1 is 1.39 bits per heavy atom. The molecular formula is C14H16O4. The van der Waals surface area contributed by atoms with Crippen LogP contribution in [-0.2, 0) is 19.1 Å². The monoisotopic (exact) mass is 248 g/mol. The number of carbonyl (C=O) groups excluding carboxylic acids is 2. The highest BCUT2D eigenvalue weighted by atomic mass is 16.7. The molecule has 3 unspecified atom stereocenters. The van der Waals surface area contributed by atoms with Gasteiger partial charge in [-0.2, -0.15) is 0 Å². The van der Waals surface area contributed by atoms with E-state index in [1.807, 2.05) is 0 Å². The third kappa shape index (κ3) is 1.85. The zero-order valence-corrected chi connectivity index (χ0v) is 10.3. The molecule has 0 spiro atoms. The number of rotatable bonds is 2. The van der Waals surface area contributed by atoms with Crippen LogP contribution in [-0.4, -0.2) is 18.0 Å². The smallest absolute Gasteiger partial charge is 0.336 e. The molecule has 96 valence electrons. The summed E-state index contributed by atoms with van der Waals surface area (Å²) in [4.78, 5) is 23.0. The molecule has 0 N–H and O–H groups in total. The van der Waals surface area contributed by atoms with Crippen LogP contribution in [0.2, 0.25) is 0 Å². The SMILES string of the molecule is CC1=CC(O/C=C2/C(=O)CC3CCCC23)OC1=O. The summed E-state index contributed by atoms with van der Waals surface area (Å²) in [7, 11) is 0. The van der Waals surface area contributed by atoms with Gasteiger partial charge >= 0.3 is 5.97 Å². The number of hydrogen-bond donors (Lipinski definition) is 0. The fourth-order valence-electron chi connectivity index (χ4n) is 3.12. The van der Waals surface area contributed by atoms with Crippen molar-refractivity contribution in [3.05, 3.63) is 23.5 Å². The molecule has 1 heterocycles. The van der Waals surface area contributed by atoms with Crippen LogP contribution in [0.4, 0.5) is 0 Å². The number of ketones is 1.